The van der Waals surface area contributed by atoms with Gasteiger partial charge in [0.2, 0.25) is 6.41 Å². The number of pyridine rings is 2. The molecule has 2 aromatic heterocycles. The van der Waals surface area contributed by atoms with Gasteiger partial charge >= 0.3 is 0 Å². The predicted octanol–water partition coefficient (Wildman–Crippen LogP) is 7.23. The van der Waals surface area contributed by atoms with Crippen molar-refractivity contribution in [2.45, 2.75) is 26.7 Å². The van der Waals surface area contributed by atoms with Crippen LogP contribution in [0.5, 0.6) is 11.5 Å². The smallest absolute Gasteiger partial charge is 0.211 e. The lowest BCUT2D eigenvalue weighted by molar-refractivity contribution is -0.105. The molecule has 0 aliphatic heterocycles. The summed E-state index contributed by atoms with van der Waals surface area (Å²) in [6.45, 7) is 7.86. The number of para-hydroxylation sites is 1. The number of halogens is 2. The topological polar surface area (TPSA) is 97.4 Å². The molecule has 0 bridgehead atoms. The number of aromatic nitrogens is 2. The highest BCUT2D eigenvalue weighted by Gasteiger charge is 2.25. The maximum Gasteiger partial charge on any atom is 0.211 e. The van der Waals surface area contributed by atoms with Gasteiger partial charge in [-0.1, -0.05) is 18.2 Å². The number of aryl methyl sites for hydroxylation is 1. The molecule has 1 aliphatic carbocycles. The van der Waals surface area contributed by atoms with E-state index in [2.05, 4.69) is 32.5 Å². The Morgan fingerprint density at radius 2 is 1.78 bits per heavy atom. The summed E-state index contributed by atoms with van der Waals surface area (Å²) in [4.78, 5) is 20.2. The van der Waals surface area contributed by atoms with Crippen molar-refractivity contribution < 1.29 is 23.0 Å². The van der Waals surface area contributed by atoms with Crippen LogP contribution in [0.15, 0.2) is 55.3 Å². The van der Waals surface area contributed by atoms with Gasteiger partial charge in [0.1, 0.15) is 11.6 Å². The van der Waals surface area contributed by atoms with E-state index in [-0.39, 0.29) is 22.8 Å². The van der Waals surface area contributed by atoms with Crippen molar-refractivity contribution in [1.29, 1.82) is 0 Å². The van der Waals surface area contributed by atoms with Crippen LogP contribution in [-0.2, 0) is 4.79 Å². The molecule has 1 aliphatic rings. The zero-order valence-corrected chi connectivity index (χ0v) is 23.5. The van der Waals surface area contributed by atoms with Crippen LogP contribution in [0, 0.1) is 24.5 Å². The van der Waals surface area contributed by atoms with E-state index < -0.39 is 11.6 Å². The van der Waals surface area contributed by atoms with Crippen molar-refractivity contribution in [3.8, 4) is 22.8 Å². The minimum atomic E-state index is -0.869. The lowest BCUT2D eigenvalue weighted by Crippen LogP contribution is -2.08. The Labute approximate surface area is 237 Å². The Bertz CT molecular complexity index is 1550. The molecule has 2 aromatic carbocycles. The molecular weight excluding hydrogens is 528 g/mol. The first-order valence-electron chi connectivity index (χ1n) is 13.1. The average molecular weight is 562 g/mol. The van der Waals surface area contributed by atoms with Crippen LogP contribution in [0.4, 0.5) is 31.8 Å². The van der Waals surface area contributed by atoms with Crippen molar-refractivity contribution in [2.75, 3.05) is 36.7 Å². The summed E-state index contributed by atoms with van der Waals surface area (Å²) < 4.78 is 40.8. The average Bonchev–Trinajstić information content (AvgIpc) is 3.79. The maximum absolute atomic E-state index is 15.3. The van der Waals surface area contributed by atoms with Gasteiger partial charge in [0, 0.05) is 29.6 Å². The number of carbonyl (C=O) groups is 1. The number of rotatable bonds is 10. The number of nitrogens with one attached hydrogen (secondary N) is 3. The normalized spacial score (nSPS) is 12.1. The molecule has 5 rings (SSSR count). The summed E-state index contributed by atoms with van der Waals surface area (Å²) in [6, 6.07) is 10.1. The van der Waals surface area contributed by atoms with Gasteiger partial charge in [-0.3, -0.25) is 4.79 Å². The Hall–Kier alpha value is -4.73. The number of ether oxygens (including phenoxy) is 2. The monoisotopic (exact) mass is 561 g/mol. The highest BCUT2D eigenvalue weighted by Crippen LogP contribution is 2.40. The third kappa shape index (κ3) is 6.54. The minimum absolute atomic E-state index is 0.0851. The van der Waals surface area contributed by atoms with Gasteiger partial charge in [0.05, 0.1) is 36.9 Å². The van der Waals surface area contributed by atoms with Crippen LogP contribution in [0.25, 0.3) is 22.0 Å². The van der Waals surface area contributed by atoms with Crippen molar-refractivity contribution in [3.05, 3.63) is 72.4 Å². The fraction of sp³-hybridized carbons (Fsp3) is 0.258. The highest BCUT2D eigenvalue weighted by molar-refractivity contribution is 5.96. The molecule has 8 nitrogen and oxygen atoms in total. The first-order chi connectivity index (χ1) is 19.8. The lowest BCUT2D eigenvalue weighted by Gasteiger charge is -2.17. The van der Waals surface area contributed by atoms with Crippen LogP contribution < -0.4 is 25.4 Å². The van der Waals surface area contributed by atoms with Crippen LogP contribution >= 0.6 is 0 Å². The zero-order chi connectivity index (χ0) is 29.5. The van der Waals surface area contributed by atoms with Gasteiger partial charge in [-0.05, 0) is 56.4 Å². The Morgan fingerprint density at radius 1 is 1.10 bits per heavy atom. The van der Waals surface area contributed by atoms with Crippen molar-refractivity contribution >= 4 is 40.2 Å². The molecule has 0 atom stereocenters. The molecule has 1 fully saturated rings. The van der Waals surface area contributed by atoms with E-state index in [4.69, 9.17) is 9.47 Å². The summed E-state index contributed by atoms with van der Waals surface area (Å²) >= 11 is 0. The van der Waals surface area contributed by atoms with E-state index >= 15 is 8.78 Å². The molecule has 0 spiro atoms. The van der Waals surface area contributed by atoms with Crippen LogP contribution in [0.3, 0.4) is 0 Å². The number of fused-ring (bicyclic) bond motifs is 1. The van der Waals surface area contributed by atoms with E-state index in [9.17, 15) is 4.79 Å². The van der Waals surface area contributed by atoms with Crippen molar-refractivity contribution in [3.63, 3.8) is 0 Å². The molecule has 3 N–H and O–H groups in total. The highest BCUT2D eigenvalue weighted by atomic mass is 19.1. The number of nitrogens with zero attached hydrogens (tertiary/aromatic N) is 2. The number of amides is 1. The molecule has 0 unspecified atom stereocenters. The van der Waals surface area contributed by atoms with Gasteiger partial charge in [-0.2, -0.15) is 0 Å². The number of hydrogen-bond acceptors (Lipinski definition) is 7. The Kier molecular flexibility index (Phi) is 9.34. The second kappa shape index (κ2) is 13.1. The van der Waals surface area contributed by atoms with E-state index in [0.29, 0.717) is 47.3 Å². The van der Waals surface area contributed by atoms with Gasteiger partial charge in [0.15, 0.2) is 23.1 Å². The standard InChI is InChI=1S/C28H27F2N5O3.C3H6/c1-15-5-4-6-19(33-14-36)27(15)35-23-10-18-17(13-31-23)9-20(34-28(18)32-12-16-7-8-16)24-25(29)21(37-2)11-22(38-3)26(24)30;1-3-2/h4-6,9-11,13-14,16H,7-8,12H2,1-3H3,(H,31,35)(H,32,34)(H,33,36);3H,1H2,2H3. The van der Waals surface area contributed by atoms with Crippen LogP contribution in [0.2, 0.25) is 0 Å². The largest absolute Gasteiger partial charge is 0.494 e. The van der Waals surface area contributed by atoms with E-state index in [1.807, 2.05) is 32.0 Å². The predicted molar refractivity (Wildman–Crippen MR) is 159 cm³/mol. The van der Waals surface area contributed by atoms with E-state index in [1.54, 1.807) is 24.4 Å². The molecule has 41 heavy (non-hydrogen) atoms. The third-order valence-electron chi connectivity index (χ3n) is 6.54. The first kappa shape index (κ1) is 29.3. The molecule has 214 valence electrons. The summed E-state index contributed by atoms with van der Waals surface area (Å²) in [5.41, 5.74) is 1.97. The molecule has 1 saturated carbocycles. The summed E-state index contributed by atoms with van der Waals surface area (Å²) in [7, 11) is 2.61. The number of carbonyl (C=O) groups excluding carboxylic acids is 1. The number of benzene rings is 2. The fourth-order valence-corrected chi connectivity index (χ4v) is 4.30. The number of hydrogen-bond donors (Lipinski definition) is 3. The second-order valence-electron chi connectivity index (χ2n) is 9.55. The summed E-state index contributed by atoms with van der Waals surface area (Å²) in [5.74, 6) is -0.508. The molecule has 0 saturated heterocycles. The molecule has 0 radical (unpaired) electrons. The number of allylic oxidation sites excluding steroid dienone is 1. The molecular formula is C31H33F2N5O3. The quantitative estimate of drug-likeness (QED) is 0.139. The Morgan fingerprint density at radius 3 is 2.39 bits per heavy atom. The van der Waals surface area contributed by atoms with Gasteiger partial charge in [-0.15, -0.1) is 6.58 Å². The number of methoxy groups -OCH3 is 2. The van der Waals surface area contributed by atoms with Crippen molar-refractivity contribution in [2.24, 2.45) is 5.92 Å². The molecule has 10 heteroatoms. The van der Waals surface area contributed by atoms with Crippen LogP contribution in [-0.4, -0.2) is 37.1 Å². The van der Waals surface area contributed by atoms with Gasteiger partial charge in [0.25, 0.3) is 0 Å². The molecule has 2 heterocycles. The van der Waals surface area contributed by atoms with Crippen LogP contribution in [0.1, 0.15) is 25.3 Å². The minimum Gasteiger partial charge on any atom is -0.494 e. The fourth-order valence-electron chi connectivity index (χ4n) is 4.30. The third-order valence-corrected chi connectivity index (χ3v) is 6.54. The Balaban J connectivity index is 0.00000124. The maximum atomic E-state index is 15.3. The first-order valence-corrected chi connectivity index (χ1v) is 13.1. The van der Waals surface area contributed by atoms with E-state index in [0.717, 1.165) is 23.8 Å². The second-order valence-corrected chi connectivity index (χ2v) is 9.55. The van der Waals surface area contributed by atoms with Crippen molar-refractivity contribution in [1.82, 2.24) is 9.97 Å². The van der Waals surface area contributed by atoms with Gasteiger partial charge in [-0.25, -0.2) is 18.7 Å². The molecule has 1 amide bonds. The molecule has 4 aromatic rings. The lowest BCUT2D eigenvalue weighted by atomic mass is 10.1. The summed E-state index contributed by atoms with van der Waals surface area (Å²) in [6.07, 6.45) is 6.22. The summed E-state index contributed by atoms with van der Waals surface area (Å²) in [5, 5.41) is 10.7. The number of anilines is 4. The zero-order valence-electron chi connectivity index (χ0n) is 23.5. The van der Waals surface area contributed by atoms with E-state index in [1.165, 1.54) is 20.3 Å². The van der Waals surface area contributed by atoms with Gasteiger partial charge < -0.3 is 25.4 Å². The SMILES string of the molecule is C=CC.COc1cc(OC)c(F)c(-c2cc3cnc(Nc4c(C)cccc4NC=O)cc3c(NCC3CC3)n2)c1F.